The summed E-state index contributed by atoms with van der Waals surface area (Å²) in [4.78, 5) is 18.4. The third kappa shape index (κ3) is 2.95. The monoisotopic (exact) mass is 259 g/mol. The lowest BCUT2D eigenvalue weighted by Gasteiger charge is -2.08. The summed E-state index contributed by atoms with van der Waals surface area (Å²) in [5.41, 5.74) is 7.10. The van der Waals surface area contributed by atoms with Gasteiger partial charge in [-0.15, -0.1) is 0 Å². The zero-order valence-corrected chi connectivity index (χ0v) is 10.3. The number of nitro benzene ring substituents is 1. The SMILES string of the molecule is Cc1c(CNc2cncc(N)n2)cccc1[N+](=O)[O-]. The molecule has 0 fully saturated rings. The average molecular weight is 259 g/mol. The number of nitrogens with one attached hydrogen (secondary N) is 1. The highest BCUT2D eigenvalue weighted by molar-refractivity contribution is 5.46. The van der Waals surface area contributed by atoms with Crippen molar-refractivity contribution in [1.82, 2.24) is 9.97 Å². The Balaban J connectivity index is 2.16. The molecule has 0 saturated heterocycles. The maximum Gasteiger partial charge on any atom is 0.272 e. The van der Waals surface area contributed by atoms with E-state index in [-0.39, 0.29) is 10.6 Å². The van der Waals surface area contributed by atoms with Crippen molar-refractivity contribution in [3.63, 3.8) is 0 Å². The number of nitro groups is 1. The first kappa shape index (κ1) is 12.7. The minimum Gasteiger partial charge on any atom is -0.382 e. The van der Waals surface area contributed by atoms with Crippen LogP contribution >= 0.6 is 0 Å². The number of nitrogens with two attached hydrogens (primary N) is 1. The average Bonchev–Trinajstić information content (AvgIpc) is 2.37. The van der Waals surface area contributed by atoms with E-state index in [1.807, 2.05) is 6.07 Å². The van der Waals surface area contributed by atoms with Gasteiger partial charge in [0.15, 0.2) is 0 Å². The lowest BCUT2D eigenvalue weighted by atomic mass is 10.1. The second kappa shape index (κ2) is 5.30. The Morgan fingerprint density at radius 1 is 1.42 bits per heavy atom. The van der Waals surface area contributed by atoms with Gasteiger partial charge in [0, 0.05) is 18.2 Å². The predicted octanol–water partition coefficient (Wildman–Crippen LogP) is 1.89. The minimum absolute atomic E-state index is 0.109. The first-order valence-corrected chi connectivity index (χ1v) is 5.62. The fourth-order valence-electron chi connectivity index (χ4n) is 1.71. The third-order valence-electron chi connectivity index (χ3n) is 2.73. The highest BCUT2D eigenvalue weighted by Gasteiger charge is 2.12. The van der Waals surface area contributed by atoms with Crippen molar-refractivity contribution in [2.24, 2.45) is 0 Å². The number of aromatic nitrogens is 2. The maximum absolute atomic E-state index is 10.8. The number of benzene rings is 1. The summed E-state index contributed by atoms with van der Waals surface area (Å²) in [5.74, 6) is 0.853. The quantitative estimate of drug-likeness (QED) is 0.641. The Kier molecular flexibility index (Phi) is 3.56. The molecule has 98 valence electrons. The van der Waals surface area contributed by atoms with Gasteiger partial charge in [-0.25, -0.2) is 4.98 Å². The van der Waals surface area contributed by atoms with Crippen LogP contribution in [-0.4, -0.2) is 14.9 Å². The Morgan fingerprint density at radius 3 is 2.89 bits per heavy atom. The second-order valence-corrected chi connectivity index (χ2v) is 4.00. The van der Waals surface area contributed by atoms with Crippen LogP contribution in [0.15, 0.2) is 30.6 Å². The number of hydrogen-bond donors (Lipinski definition) is 2. The van der Waals surface area contributed by atoms with Crippen LogP contribution in [0.25, 0.3) is 0 Å². The van der Waals surface area contributed by atoms with Gasteiger partial charge < -0.3 is 11.1 Å². The lowest BCUT2D eigenvalue weighted by Crippen LogP contribution is -2.05. The molecular weight excluding hydrogens is 246 g/mol. The highest BCUT2D eigenvalue weighted by atomic mass is 16.6. The smallest absolute Gasteiger partial charge is 0.272 e. The molecule has 0 saturated carbocycles. The number of anilines is 2. The summed E-state index contributed by atoms with van der Waals surface area (Å²) < 4.78 is 0. The number of hydrogen-bond acceptors (Lipinski definition) is 6. The van der Waals surface area contributed by atoms with Crippen molar-refractivity contribution in [2.45, 2.75) is 13.5 Å². The van der Waals surface area contributed by atoms with Gasteiger partial charge in [0.1, 0.15) is 11.6 Å². The van der Waals surface area contributed by atoms with Crippen molar-refractivity contribution in [1.29, 1.82) is 0 Å². The van der Waals surface area contributed by atoms with Gasteiger partial charge >= 0.3 is 0 Å². The molecule has 0 aliphatic heterocycles. The van der Waals surface area contributed by atoms with Crippen LogP contribution in [-0.2, 0) is 6.54 Å². The Labute approximate surface area is 109 Å². The van der Waals surface area contributed by atoms with E-state index >= 15 is 0 Å². The van der Waals surface area contributed by atoms with Crippen LogP contribution in [0.3, 0.4) is 0 Å². The molecule has 1 heterocycles. The van der Waals surface area contributed by atoms with Crippen molar-refractivity contribution in [3.05, 3.63) is 51.8 Å². The Bertz CT molecular complexity index is 615. The van der Waals surface area contributed by atoms with Crippen LogP contribution in [0.4, 0.5) is 17.3 Å². The molecule has 7 nitrogen and oxygen atoms in total. The summed E-state index contributed by atoms with van der Waals surface area (Å²) in [6.45, 7) is 2.14. The van der Waals surface area contributed by atoms with Crippen LogP contribution < -0.4 is 11.1 Å². The topological polar surface area (TPSA) is 107 Å². The third-order valence-corrected chi connectivity index (χ3v) is 2.73. The maximum atomic E-state index is 10.8. The summed E-state index contributed by atoms with van der Waals surface area (Å²) >= 11 is 0. The molecule has 1 aromatic carbocycles. The molecule has 0 aliphatic carbocycles. The zero-order chi connectivity index (χ0) is 13.8. The first-order valence-electron chi connectivity index (χ1n) is 5.62. The molecule has 7 heteroatoms. The summed E-state index contributed by atoms with van der Waals surface area (Å²) in [5, 5.41) is 13.9. The summed E-state index contributed by atoms with van der Waals surface area (Å²) in [6, 6.07) is 4.97. The zero-order valence-electron chi connectivity index (χ0n) is 10.3. The van der Waals surface area contributed by atoms with E-state index in [0.29, 0.717) is 23.7 Å². The van der Waals surface area contributed by atoms with Gasteiger partial charge in [-0.2, -0.15) is 0 Å². The molecular formula is C12H13N5O2. The second-order valence-electron chi connectivity index (χ2n) is 4.00. The first-order chi connectivity index (χ1) is 9.08. The van der Waals surface area contributed by atoms with Crippen molar-refractivity contribution in [3.8, 4) is 0 Å². The molecule has 19 heavy (non-hydrogen) atoms. The summed E-state index contributed by atoms with van der Waals surface area (Å²) in [6.07, 6.45) is 2.99. The summed E-state index contributed by atoms with van der Waals surface area (Å²) in [7, 11) is 0. The fourth-order valence-corrected chi connectivity index (χ4v) is 1.71. The predicted molar refractivity (Wildman–Crippen MR) is 71.6 cm³/mol. The van der Waals surface area contributed by atoms with Crippen LogP contribution in [0, 0.1) is 17.0 Å². The number of nitrogens with zero attached hydrogens (tertiary/aromatic N) is 3. The Hall–Kier alpha value is -2.70. The largest absolute Gasteiger partial charge is 0.382 e. The van der Waals surface area contributed by atoms with E-state index in [0.717, 1.165) is 5.56 Å². The minimum atomic E-state index is -0.390. The molecule has 2 aromatic rings. The van der Waals surface area contributed by atoms with Crippen LogP contribution in [0.5, 0.6) is 0 Å². The molecule has 2 rings (SSSR count). The molecule has 0 radical (unpaired) electrons. The van der Waals surface area contributed by atoms with Gasteiger partial charge in [-0.05, 0) is 12.5 Å². The van der Waals surface area contributed by atoms with Gasteiger partial charge in [0.2, 0.25) is 0 Å². The van der Waals surface area contributed by atoms with Crippen molar-refractivity contribution in [2.75, 3.05) is 11.1 Å². The molecule has 0 bridgehead atoms. The van der Waals surface area contributed by atoms with E-state index in [2.05, 4.69) is 15.3 Å². The standard InChI is InChI=1S/C12H13N5O2/c1-8-9(3-2-4-10(8)17(18)19)5-15-12-7-14-6-11(13)16-12/h2-4,6-7H,5H2,1H3,(H3,13,15,16). The molecule has 0 spiro atoms. The number of nitrogen functional groups attached to an aromatic ring is 1. The van der Waals surface area contributed by atoms with E-state index in [1.54, 1.807) is 19.2 Å². The van der Waals surface area contributed by atoms with E-state index in [9.17, 15) is 10.1 Å². The van der Waals surface area contributed by atoms with Gasteiger partial charge in [-0.3, -0.25) is 15.1 Å². The van der Waals surface area contributed by atoms with E-state index < -0.39 is 0 Å². The molecule has 3 N–H and O–H groups in total. The van der Waals surface area contributed by atoms with Crippen molar-refractivity contribution < 1.29 is 4.92 Å². The fraction of sp³-hybridized carbons (Fsp3) is 0.167. The van der Waals surface area contributed by atoms with E-state index in [4.69, 9.17) is 5.73 Å². The molecule has 0 aliphatic rings. The molecule has 0 amide bonds. The molecule has 0 atom stereocenters. The van der Waals surface area contributed by atoms with Crippen LogP contribution in [0.1, 0.15) is 11.1 Å². The number of rotatable bonds is 4. The van der Waals surface area contributed by atoms with Gasteiger partial charge in [-0.1, -0.05) is 12.1 Å². The van der Waals surface area contributed by atoms with E-state index in [1.165, 1.54) is 12.3 Å². The van der Waals surface area contributed by atoms with Gasteiger partial charge in [0.05, 0.1) is 17.3 Å². The van der Waals surface area contributed by atoms with Gasteiger partial charge in [0.25, 0.3) is 5.69 Å². The Morgan fingerprint density at radius 2 is 2.21 bits per heavy atom. The molecule has 1 aromatic heterocycles. The van der Waals surface area contributed by atoms with Crippen molar-refractivity contribution >= 4 is 17.3 Å². The molecule has 0 unspecified atom stereocenters. The van der Waals surface area contributed by atoms with Crippen LogP contribution in [0.2, 0.25) is 0 Å². The lowest BCUT2D eigenvalue weighted by molar-refractivity contribution is -0.385. The normalized spacial score (nSPS) is 10.2. The highest BCUT2D eigenvalue weighted by Crippen LogP contribution is 2.21.